The standard InChI is InChI=1S/C14H17Cl2NO4/c15-10-5-6-12(11(16)8-10)21-9-13(18)17-7-3-1-2-4-14(19)20/h5-6,8H,1-4,7,9H2,(H,17,18)(H,19,20)/p-1. The molecule has 0 aliphatic rings. The molecule has 0 saturated carbocycles. The molecule has 7 heteroatoms. The fraction of sp³-hybridized carbons (Fsp3) is 0.429. The molecule has 1 aromatic rings. The van der Waals surface area contributed by atoms with Gasteiger partial charge in [-0.05, 0) is 37.5 Å². The molecule has 1 amide bonds. The van der Waals surface area contributed by atoms with Crippen LogP contribution in [0, 0.1) is 0 Å². The first-order valence-corrected chi connectivity index (χ1v) is 7.29. The Balaban J connectivity index is 2.15. The molecule has 0 atom stereocenters. The minimum absolute atomic E-state index is 0.0477. The van der Waals surface area contributed by atoms with Gasteiger partial charge in [-0.3, -0.25) is 4.79 Å². The van der Waals surface area contributed by atoms with Crippen LogP contribution >= 0.6 is 23.2 Å². The molecule has 21 heavy (non-hydrogen) atoms. The van der Waals surface area contributed by atoms with E-state index >= 15 is 0 Å². The number of carboxylic acids is 1. The van der Waals surface area contributed by atoms with E-state index in [0.29, 0.717) is 35.2 Å². The Hall–Kier alpha value is -1.46. The van der Waals surface area contributed by atoms with Crippen molar-refractivity contribution in [3.63, 3.8) is 0 Å². The Labute approximate surface area is 133 Å². The van der Waals surface area contributed by atoms with Crippen molar-refractivity contribution < 1.29 is 19.4 Å². The number of carbonyl (C=O) groups excluding carboxylic acids is 2. The normalized spacial score (nSPS) is 10.2. The van der Waals surface area contributed by atoms with Crippen LogP contribution in [-0.2, 0) is 9.59 Å². The van der Waals surface area contributed by atoms with Crippen molar-refractivity contribution >= 4 is 35.1 Å². The molecule has 0 heterocycles. The monoisotopic (exact) mass is 332 g/mol. The molecule has 1 aromatic carbocycles. The number of carboxylic acid groups (broad SMARTS) is 1. The van der Waals surface area contributed by atoms with E-state index in [0.717, 1.165) is 6.42 Å². The molecule has 0 aromatic heterocycles. The molecule has 0 spiro atoms. The zero-order chi connectivity index (χ0) is 15.7. The SMILES string of the molecule is O=C([O-])CCCCCNC(=O)COc1ccc(Cl)cc1Cl. The minimum Gasteiger partial charge on any atom is -0.550 e. The third-order valence-corrected chi connectivity index (χ3v) is 3.16. The Bertz CT molecular complexity index is 494. The van der Waals surface area contributed by atoms with Crippen LogP contribution in [-0.4, -0.2) is 25.0 Å². The maximum Gasteiger partial charge on any atom is 0.257 e. The predicted molar refractivity (Wildman–Crippen MR) is 78.4 cm³/mol. The van der Waals surface area contributed by atoms with Gasteiger partial charge >= 0.3 is 0 Å². The second-order valence-corrected chi connectivity index (χ2v) is 5.24. The number of aliphatic carboxylic acids is 1. The largest absolute Gasteiger partial charge is 0.550 e. The highest BCUT2D eigenvalue weighted by atomic mass is 35.5. The van der Waals surface area contributed by atoms with E-state index in [2.05, 4.69) is 5.32 Å². The average Bonchev–Trinajstić information content (AvgIpc) is 2.41. The highest BCUT2D eigenvalue weighted by Crippen LogP contribution is 2.27. The molecular formula is C14H16Cl2NO4-. The third kappa shape index (κ3) is 7.78. The van der Waals surface area contributed by atoms with Crippen molar-refractivity contribution in [3.05, 3.63) is 28.2 Å². The van der Waals surface area contributed by atoms with E-state index in [-0.39, 0.29) is 18.9 Å². The summed E-state index contributed by atoms with van der Waals surface area (Å²) < 4.78 is 5.27. The lowest BCUT2D eigenvalue weighted by Gasteiger charge is -2.09. The number of amides is 1. The van der Waals surface area contributed by atoms with Crippen LogP contribution in [0.4, 0.5) is 0 Å². The smallest absolute Gasteiger partial charge is 0.257 e. The Morgan fingerprint density at radius 3 is 2.62 bits per heavy atom. The van der Waals surface area contributed by atoms with Crippen molar-refractivity contribution in [2.75, 3.05) is 13.2 Å². The van der Waals surface area contributed by atoms with E-state index in [4.69, 9.17) is 27.9 Å². The van der Waals surface area contributed by atoms with E-state index in [1.165, 1.54) is 6.07 Å². The van der Waals surface area contributed by atoms with E-state index in [1.54, 1.807) is 12.1 Å². The van der Waals surface area contributed by atoms with Crippen molar-refractivity contribution in [1.29, 1.82) is 0 Å². The topological polar surface area (TPSA) is 78.5 Å². The van der Waals surface area contributed by atoms with Crippen molar-refractivity contribution in [2.45, 2.75) is 25.7 Å². The van der Waals surface area contributed by atoms with Crippen LogP contribution in [0.15, 0.2) is 18.2 Å². The molecular weight excluding hydrogens is 317 g/mol. The summed E-state index contributed by atoms with van der Waals surface area (Å²) >= 11 is 11.7. The number of benzene rings is 1. The molecule has 1 N–H and O–H groups in total. The lowest BCUT2D eigenvalue weighted by Crippen LogP contribution is -2.29. The van der Waals surface area contributed by atoms with Crippen LogP contribution in [0.2, 0.25) is 10.0 Å². The Morgan fingerprint density at radius 1 is 1.19 bits per heavy atom. The number of unbranched alkanes of at least 4 members (excludes halogenated alkanes) is 2. The lowest BCUT2D eigenvalue weighted by atomic mass is 10.2. The molecule has 0 radical (unpaired) electrons. The lowest BCUT2D eigenvalue weighted by molar-refractivity contribution is -0.305. The van der Waals surface area contributed by atoms with Gasteiger partial charge in [0.15, 0.2) is 6.61 Å². The molecule has 0 aliphatic heterocycles. The second-order valence-electron chi connectivity index (χ2n) is 4.40. The van der Waals surface area contributed by atoms with Gasteiger partial charge in [-0.25, -0.2) is 0 Å². The number of nitrogens with one attached hydrogen (secondary N) is 1. The van der Waals surface area contributed by atoms with E-state index < -0.39 is 5.97 Å². The maximum absolute atomic E-state index is 11.5. The summed E-state index contributed by atoms with van der Waals surface area (Å²) in [4.78, 5) is 21.7. The second kappa shape index (κ2) is 9.47. The summed E-state index contributed by atoms with van der Waals surface area (Å²) in [6.45, 7) is 0.337. The van der Waals surface area contributed by atoms with Crippen molar-refractivity contribution in [3.8, 4) is 5.75 Å². The number of rotatable bonds is 9. The summed E-state index contributed by atoms with van der Waals surface area (Å²) in [7, 11) is 0. The molecule has 0 fully saturated rings. The number of carbonyl (C=O) groups is 2. The number of ether oxygens (including phenoxy) is 1. The first-order chi connectivity index (χ1) is 9.99. The Kier molecular flexibility index (Phi) is 7.93. The Morgan fingerprint density at radius 2 is 1.95 bits per heavy atom. The molecule has 0 unspecified atom stereocenters. The van der Waals surface area contributed by atoms with Crippen LogP contribution in [0.5, 0.6) is 5.75 Å². The molecule has 0 bridgehead atoms. The number of hydrogen-bond donors (Lipinski definition) is 1. The summed E-state index contributed by atoms with van der Waals surface area (Å²) in [5.41, 5.74) is 0. The van der Waals surface area contributed by atoms with Crippen molar-refractivity contribution in [1.82, 2.24) is 5.32 Å². The summed E-state index contributed by atoms with van der Waals surface area (Å²) in [5.74, 6) is -0.918. The van der Waals surface area contributed by atoms with Crippen molar-refractivity contribution in [2.24, 2.45) is 0 Å². The van der Waals surface area contributed by atoms with Gasteiger partial charge in [0.25, 0.3) is 5.91 Å². The molecule has 0 saturated heterocycles. The molecule has 0 aliphatic carbocycles. The van der Waals surface area contributed by atoms with Crippen LogP contribution in [0.1, 0.15) is 25.7 Å². The first-order valence-electron chi connectivity index (χ1n) is 6.53. The van der Waals surface area contributed by atoms with E-state index in [1.807, 2.05) is 0 Å². The predicted octanol–water partition coefficient (Wildman–Crippen LogP) is 1.80. The summed E-state index contributed by atoms with van der Waals surface area (Å²) in [6.07, 6.45) is 2.03. The van der Waals surface area contributed by atoms with Crippen LogP contribution in [0.3, 0.4) is 0 Å². The fourth-order valence-electron chi connectivity index (χ4n) is 1.59. The number of hydrogen-bond acceptors (Lipinski definition) is 4. The van der Waals surface area contributed by atoms with Gasteiger partial charge in [-0.1, -0.05) is 29.6 Å². The summed E-state index contributed by atoms with van der Waals surface area (Å²) in [6, 6.07) is 4.75. The molecule has 5 nitrogen and oxygen atoms in total. The van der Waals surface area contributed by atoms with Gasteiger partial charge in [-0.2, -0.15) is 0 Å². The maximum atomic E-state index is 11.5. The van der Waals surface area contributed by atoms with Gasteiger partial charge in [0, 0.05) is 17.5 Å². The van der Waals surface area contributed by atoms with Crippen LogP contribution in [0.25, 0.3) is 0 Å². The third-order valence-electron chi connectivity index (χ3n) is 2.63. The molecule has 1 rings (SSSR count). The van der Waals surface area contributed by atoms with Crippen LogP contribution < -0.4 is 15.2 Å². The van der Waals surface area contributed by atoms with Gasteiger partial charge in [0.2, 0.25) is 0 Å². The van der Waals surface area contributed by atoms with Gasteiger partial charge in [0.1, 0.15) is 5.75 Å². The average molecular weight is 333 g/mol. The highest BCUT2D eigenvalue weighted by Gasteiger charge is 2.06. The molecule has 116 valence electrons. The fourth-order valence-corrected chi connectivity index (χ4v) is 2.05. The van der Waals surface area contributed by atoms with Gasteiger partial charge < -0.3 is 20.0 Å². The first kappa shape index (κ1) is 17.6. The zero-order valence-corrected chi connectivity index (χ0v) is 12.9. The van der Waals surface area contributed by atoms with E-state index in [9.17, 15) is 14.7 Å². The van der Waals surface area contributed by atoms with Gasteiger partial charge in [-0.15, -0.1) is 0 Å². The van der Waals surface area contributed by atoms with Gasteiger partial charge in [0.05, 0.1) is 5.02 Å². The highest BCUT2D eigenvalue weighted by molar-refractivity contribution is 6.35. The zero-order valence-electron chi connectivity index (χ0n) is 11.4. The number of halogens is 2. The summed E-state index contributed by atoms with van der Waals surface area (Å²) in [5, 5.41) is 13.7. The quantitative estimate of drug-likeness (QED) is 0.699. The minimum atomic E-state index is -1.05.